The highest BCUT2D eigenvalue weighted by Gasteiger charge is 2.15. The van der Waals surface area contributed by atoms with Crippen molar-refractivity contribution >= 4 is 11.7 Å². The average Bonchev–Trinajstić information content (AvgIpc) is 3.39. The maximum absolute atomic E-state index is 12.1. The summed E-state index contributed by atoms with van der Waals surface area (Å²) >= 11 is 0. The molecule has 1 amide bonds. The molecule has 2 aromatic carbocycles. The van der Waals surface area contributed by atoms with Crippen LogP contribution in [0.25, 0.3) is 22.6 Å². The van der Waals surface area contributed by atoms with E-state index in [0.717, 1.165) is 42.4 Å². The zero-order valence-electron chi connectivity index (χ0n) is 19.5. The highest BCUT2D eigenvalue weighted by Crippen LogP contribution is 2.23. The first-order valence-corrected chi connectivity index (χ1v) is 11.9. The van der Waals surface area contributed by atoms with E-state index in [-0.39, 0.29) is 18.9 Å². The lowest BCUT2D eigenvalue weighted by atomic mass is 10.0. The van der Waals surface area contributed by atoms with Crippen LogP contribution in [0.3, 0.4) is 0 Å². The Hall–Kier alpha value is -4.13. The number of Topliss-reactive ketones (excluding diaryl/α,β-unsaturated/α-hetero) is 1. The molecule has 35 heavy (non-hydrogen) atoms. The third kappa shape index (κ3) is 7.17. The first-order chi connectivity index (χ1) is 17.2. The molecule has 7 nitrogen and oxygen atoms in total. The van der Waals surface area contributed by atoms with Crippen molar-refractivity contribution in [2.24, 2.45) is 0 Å². The Kier molecular flexibility index (Phi) is 8.48. The lowest BCUT2D eigenvalue weighted by molar-refractivity contribution is -0.138. The molecular weight excluding hydrogens is 440 g/mol. The van der Waals surface area contributed by atoms with E-state index < -0.39 is 11.7 Å². The first-order valence-electron chi connectivity index (χ1n) is 11.9. The maximum atomic E-state index is 12.1. The van der Waals surface area contributed by atoms with Gasteiger partial charge in [-0.15, -0.1) is 10.2 Å². The molecule has 4 aromatic rings. The van der Waals surface area contributed by atoms with Gasteiger partial charge in [0.15, 0.2) is 0 Å². The molecule has 0 saturated carbocycles. The number of amides is 1. The van der Waals surface area contributed by atoms with Gasteiger partial charge in [0.2, 0.25) is 17.6 Å². The van der Waals surface area contributed by atoms with Crippen LogP contribution in [0.1, 0.15) is 43.6 Å². The highest BCUT2D eigenvalue weighted by molar-refractivity contribution is 6.36. The number of hydrogen-bond donors (Lipinski definition) is 1. The van der Waals surface area contributed by atoms with Gasteiger partial charge in [-0.3, -0.25) is 14.6 Å². The van der Waals surface area contributed by atoms with Crippen LogP contribution in [0.5, 0.6) is 0 Å². The number of rotatable bonds is 12. The number of unbranched alkanes of at least 4 members (excludes halogenated alkanes) is 3. The second-order valence-corrected chi connectivity index (χ2v) is 8.33. The summed E-state index contributed by atoms with van der Waals surface area (Å²) in [5.41, 5.74) is 4.15. The number of nitrogens with one attached hydrogen (secondary N) is 1. The Bertz CT molecular complexity index is 1220. The van der Waals surface area contributed by atoms with E-state index in [1.807, 2.05) is 54.6 Å². The summed E-state index contributed by atoms with van der Waals surface area (Å²) in [6.07, 6.45) is 8.58. The quantitative estimate of drug-likeness (QED) is 0.227. The summed E-state index contributed by atoms with van der Waals surface area (Å²) in [6, 6.07) is 21.9. The SMILES string of the molecule is O=C(CCCCCCc1ccccc1)C(=O)NCc1nnc(-c2ccc(-c3cccnc3)cc2)o1. The molecule has 2 aromatic heterocycles. The highest BCUT2D eigenvalue weighted by atomic mass is 16.4. The fraction of sp³-hybridized carbons (Fsp3) is 0.250. The van der Waals surface area contributed by atoms with Crippen LogP contribution in [0.4, 0.5) is 0 Å². The van der Waals surface area contributed by atoms with Gasteiger partial charge in [-0.1, -0.05) is 61.4 Å². The van der Waals surface area contributed by atoms with E-state index in [4.69, 9.17) is 4.42 Å². The van der Waals surface area contributed by atoms with Crippen molar-refractivity contribution in [3.63, 3.8) is 0 Å². The summed E-state index contributed by atoms with van der Waals surface area (Å²) in [6.45, 7) is 0.0163. The second kappa shape index (κ2) is 12.4. The topological polar surface area (TPSA) is 98.0 Å². The Morgan fingerprint density at radius 2 is 1.54 bits per heavy atom. The van der Waals surface area contributed by atoms with Gasteiger partial charge in [0, 0.05) is 24.4 Å². The number of nitrogens with zero attached hydrogens (tertiary/aromatic N) is 3. The van der Waals surface area contributed by atoms with Gasteiger partial charge in [-0.05, 0) is 54.2 Å². The van der Waals surface area contributed by atoms with Crippen LogP contribution >= 0.6 is 0 Å². The molecule has 7 heteroatoms. The minimum atomic E-state index is -0.616. The van der Waals surface area contributed by atoms with Crippen molar-refractivity contribution in [3.05, 3.63) is 90.6 Å². The van der Waals surface area contributed by atoms with E-state index in [1.165, 1.54) is 5.56 Å². The predicted octanol–water partition coefficient (Wildman–Crippen LogP) is 5.18. The van der Waals surface area contributed by atoms with Crippen molar-refractivity contribution < 1.29 is 14.0 Å². The van der Waals surface area contributed by atoms with Crippen LogP contribution in [0.2, 0.25) is 0 Å². The summed E-state index contributed by atoms with van der Waals surface area (Å²) in [4.78, 5) is 28.4. The number of pyridine rings is 1. The van der Waals surface area contributed by atoms with Crippen LogP contribution < -0.4 is 5.32 Å². The van der Waals surface area contributed by atoms with Gasteiger partial charge in [0.05, 0.1) is 6.54 Å². The van der Waals surface area contributed by atoms with Crippen LogP contribution in [0, 0.1) is 0 Å². The van der Waals surface area contributed by atoms with E-state index in [9.17, 15) is 9.59 Å². The Balaban J connectivity index is 1.16. The number of ketones is 1. The predicted molar refractivity (Wildman–Crippen MR) is 133 cm³/mol. The maximum Gasteiger partial charge on any atom is 0.287 e. The number of aromatic nitrogens is 3. The smallest absolute Gasteiger partial charge is 0.287 e. The van der Waals surface area contributed by atoms with E-state index in [2.05, 4.69) is 32.6 Å². The molecule has 0 aliphatic heterocycles. The van der Waals surface area contributed by atoms with Crippen molar-refractivity contribution in [1.82, 2.24) is 20.5 Å². The molecular formula is C28H28N4O3. The van der Waals surface area contributed by atoms with E-state index in [0.29, 0.717) is 12.3 Å². The summed E-state index contributed by atoms with van der Waals surface area (Å²) < 4.78 is 5.65. The Labute approximate surface area is 204 Å². The molecule has 4 rings (SSSR count). The molecule has 0 saturated heterocycles. The molecule has 0 aliphatic rings. The summed E-state index contributed by atoms with van der Waals surface area (Å²) in [5, 5.41) is 10.6. The third-order valence-corrected chi connectivity index (χ3v) is 5.71. The van der Waals surface area contributed by atoms with Crippen molar-refractivity contribution in [2.45, 2.75) is 45.1 Å². The van der Waals surface area contributed by atoms with Crippen LogP contribution in [0.15, 0.2) is 83.5 Å². The molecule has 0 fully saturated rings. The molecule has 0 atom stereocenters. The van der Waals surface area contributed by atoms with Gasteiger partial charge < -0.3 is 9.73 Å². The van der Waals surface area contributed by atoms with Crippen molar-refractivity contribution in [1.29, 1.82) is 0 Å². The monoisotopic (exact) mass is 468 g/mol. The summed E-state index contributed by atoms with van der Waals surface area (Å²) in [7, 11) is 0. The zero-order chi connectivity index (χ0) is 24.3. The molecule has 0 radical (unpaired) electrons. The molecule has 178 valence electrons. The minimum Gasteiger partial charge on any atom is -0.419 e. The fourth-order valence-corrected chi connectivity index (χ4v) is 3.76. The molecule has 0 spiro atoms. The van der Waals surface area contributed by atoms with Crippen molar-refractivity contribution in [2.75, 3.05) is 0 Å². The largest absolute Gasteiger partial charge is 0.419 e. The number of aryl methyl sites for hydroxylation is 1. The fourth-order valence-electron chi connectivity index (χ4n) is 3.76. The minimum absolute atomic E-state index is 0.0163. The van der Waals surface area contributed by atoms with Gasteiger partial charge in [0.1, 0.15) is 0 Å². The lowest BCUT2D eigenvalue weighted by Crippen LogP contribution is -2.30. The number of carbonyl (C=O) groups is 2. The third-order valence-electron chi connectivity index (χ3n) is 5.71. The van der Waals surface area contributed by atoms with Gasteiger partial charge in [-0.2, -0.15) is 0 Å². The molecule has 0 aliphatic carbocycles. The number of benzene rings is 2. The van der Waals surface area contributed by atoms with Gasteiger partial charge in [-0.25, -0.2) is 0 Å². The first kappa shape index (κ1) is 24.0. The normalized spacial score (nSPS) is 10.7. The zero-order valence-corrected chi connectivity index (χ0v) is 19.5. The number of hydrogen-bond acceptors (Lipinski definition) is 6. The van der Waals surface area contributed by atoms with Gasteiger partial charge >= 0.3 is 0 Å². The summed E-state index contributed by atoms with van der Waals surface area (Å²) in [5.74, 6) is -0.430. The van der Waals surface area contributed by atoms with Gasteiger partial charge in [0.25, 0.3) is 5.91 Å². The standard InChI is InChI=1S/C28H28N4O3/c33-25(13-7-2-1-4-9-21-10-5-3-6-11-21)27(34)30-20-26-31-32-28(35-26)23-16-14-22(15-17-23)24-12-8-18-29-19-24/h3,5-6,8,10-12,14-19H,1-2,4,7,9,13,20H2,(H,30,34). The van der Waals surface area contributed by atoms with E-state index >= 15 is 0 Å². The van der Waals surface area contributed by atoms with E-state index in [1.54, 1.807) is 12.4 Å². The molecule has 1 N–H and O–H groups in total. The van der Waals surface area contributed by atoms with Crippen molar-refractivity contribution in [3.8, 4) is 22.6 Å². The molecule has 0 unspecified atom stereocenters. The average molecular weight is 469 g/mol. The Morgan fingerprint density at radius 3 is 2.31 bits per heavy atom. The number of carbonyl (C=O) groups excluding carboxylic acids is 2. The molecule has 0 bridgehead atoms. The molecule has 2 heterocycles. The Morgan fingerprint density at radius 1 is 0.771 bits per heavy atom. The lowest BCUT2D eigenvalue weighted by Gasteiger charge is -2.03. The second-order valence-electron chi connectivity index (χ2n) is 8.33. The van der Waals surface area contributed by atoms with Crippen LogP contribution in [-0.2, 0) is 22.6 Å². The van der Waals surface area contributed by atoms with Crippen LogP contribution in [-0.4, -0.2) is 26.9 Å².